The van der Waals surface area contributed by atoms with Crippen LogP contribution in [0.25, 0.3) is 32.1 Å². The van der Waals surface area contributed by atoms with Gasteiger partial charge < -0.3 is 15.2 Å². The number of thiophene rings is 1. The maximum absolute atomic E-state index is 12.6. The number of aromatic amines is 1. The number of aliphatic hydroxyl groups is 1. The number of nitrogens with one attached hydrogen (secondary N) is 1. The normalized spacial score (nSPS) is 12.2. The van der Waals surface area contributed by atoms with Crippen LogP contribution < -0.4 is 5.56 Å². The van der Waals surface area contributed by atoms with Crippen LogP contribution in [-0.4, -0.2) is 48.1 Å². The summed E-state index contributed by atoms with van der Waals surface area (Å²) in [5.74, 6) is 0.0325. The van der Waals surface area contributed by atoms with Crippen LogP contribution in [-0.2, 0) is 10.0 Å². The Morgan fingerprint density at radius 2 is 1.83 bits per heavy atom. The molecule has 0 bridgehead atoms. The van der Waals surface area contributed by atoms with E-state index in [4.69, 9.17) is 5.11 Å². The van der Waals surface area contributed by atoms with E-state index in [1.54, 1.807) is 18.2 Å². The monoisotopic (exact) mass is 430 g/mol. The average Bonchev–Trinajstić information content (AvgIpc) is 3.19. The Morgan fingerprint density at radius 1 is 1.10 bits per heavy atom. The molecule has 7 nitrogen and oxygen atoms in total. The van der Waals surface area contributed by atoms with Gasteiger partial charge in [-0.05, 0) is 41.3 Å². The lowest BCUT2D eigenvalue weighted by atomic mass is 9.97. The van der Waals surface area contributed by atoms with Crippen molar-refractivity contribution in [2.24, 2.45) is 0 Å². The average molecular weight is 431 g/mol. The molecule has 0 spiro atoms. The third-order valence-electron chi connectivity index (χ3n) is 4.84. The first-order chi connectivity index (χ1) is 13.8. The van der Waals surface area contributed by atoms with E-state index in [1.807, 2.05) is 11.4 Å². The highest BCUT2D eigenvalue weighted by Crippen LogP contribution is 2.39. The molecule has 0 saturated carbocycles. The van der Waals surface area contributed by atoms with Gasteiger partial charge in [0.15, 0.2) is 0 Å². The zero-order chi connectivity index (χ0) is 20.8. The molecule has 0 saturated heterocycles. The summed E-state index contributed by atoms with van der Waals surface area (Å²) in [4.78, 5) is 15.2. The number of aromatic nitrogens is 1. The van der Waals surface area contributed by atoms with Crippen molar-refractivity contribution in [1.29, 1.82) is 0 Å². The zero-order valence-corrected chi connectivity index (χ0v) is 17.0. The molecule has 2 aromatic heterocycles. The van der Waals surface area contributed by atoms with Gasteiger partial charge in [-0.15, -0.1) is 11.3 Å². The molecule has 0 atom stereocenters. The quantitative estimate of drug-likeness (QED) is 0.451. The van der Waals surface area contributed by atoms with Crippen molar-refractivity contribution in [1.82, 2.24) is 9.29 Å². The van der Waals surface area contributed by atoms with Gasteiger partial charge in [0, 0.05) is 35.4 Å². The third-order valence-corrected chi connectivity index (χ3v) is 7.62. The third kappa shape index (κ3) is 3.22. The van der Waals surface area contributed by atoms with Crippen LogP contribution in [0.1, 0.15) is 0 Å². The molecule has 4 rings (SSSR count). The molecule has 3 N–H and O–H groups in total. The summed E-state index contributed by atoms with van der Waals surface area (Å²) in [6, 6.07) is 11.2. The second kappa shape index (κ2) is 7.27. The summed E-state index contributed by atoms with van der Waals surface area (Å²) >= 11 is 1.32. The summed E-state index contributed by atoms with van der Waals surface area (Å²) < 4.78 is 26.8. The molecule has 29 heavy (non-hydrogen) atoms. The van der Waals surface area contributed by atoms with Crippen molar-refractivity contribution in [3.63, 3.8) is 0 Å². The molecule has 150 valence electrons. The number of rotatable bonds is 5. The maximum Gasteiger partial charge on any atom is 0.266 e. The molecule has 0 radical (unpaired) electrons. The fourth-order valence-corrected chi connectivity index (χ4v) is 5.32. The molecule has 0 amide bonds. The van der Waals surface area contributed by atoms with E-state index in [0.29, 0.717) is 26.7 Å². The number of phenols is 1. The predicted molar refractivity (Wildman–Crippen MR) is 114 cm³/mol. The molecular formula is C20H18N2O5S2. The van der Waals surface area contributed by atoms with Crippen LogP contribution in [0, 0.1) is 0 Å². The first-order valence-electron chi connectivity index (χ1n) is 8.77. The molecule has 0 unspecified atom stereocenters. The molecule has 0 aliphatic carbocycles. The second-order valence-electron chi connectivity index (χ2n) is 6.57. The van der Waals surface area contributed by atoms with E-state index in [1.165, 1.54) is 36.6 Å². The SMILES string of the molecule is CN(CCO)S(=O)(=O)c1ccc(-c2c(O)ccc3[nH]c(=O)c4sccc4c23)cc1. The van der Waals surface area contributed by atoms with Crippen molar-refractivity contribution >= 4 is 42.3 Å². The highest BCUT2D eigenvalue weighted by atomic mass is 32.2. The Kier molecular flexibility index (Phi) is 4.91. The number of benzene rings is 2. The highest BCUT2D eigenvalue weighted by molar-refractivity contribution is 7.89. The van der Waals surface area contributed by atoms with Crippen molar-refractivity contribution in [3.05, 3.63) is 58.2 Å². The van der Waals surface area contributed by atoms with Crippen LogP contribution >= 0.6 is 11.3 Å². The fraction of sp³-hybridized carbons (Fsp3) is 0.150. The fourth-order valence-electron chi connectivity index (χ4n) is 3.36. The summed E-state index contributed by atoms with van der Waals surface area (Å²) in [5, 5.41) is 22.8. The van der Waals surface area contributed by atoms with Crippen LogP contribution in [0.3, 0.4) is 0 Å². The second-order valence-corrected chi connectivity index (χ2v) is 9.54. The summed E-state index contributed by atoms with van der Waals surface area (Å²) in [6.07, 6.45) is 0. The predicted octanol–water partition coefficient (Wildman–Crippen LogP) is 2.73. The Bertz CT molecular complexity index is 1370. The molecule has 0 fully saturated rings. The molecular weight excluding hydrogens is 412 g/mol. The largest absolute Gasteiger partial charge is 0.507 e. The van der Waals surface area contributed by atoms with Gasteiger partial charge in [-0.25, -0.2) is 8.42 Å². The van der Waals surface area contributed by atoms with Gasteiger partial charge in [0.05, 0.1) is 11.5 Å². The van der Waals surface area contributed by atoms with Crippen molar-refractivity contribution in [2.45, 2.75) is 4.90 Å². The van der Waals surface area contributed by atoms with Crippen molar-refractivity contribution in [3.8, 4) is 16.9 Å². The Labute approximate surface area is 170 Å². The number of aromatic hydroxyl groups is 1. The molecule has 2 heterocycles. The van der Waals surface area contributed by atoms with Crippen molar-refractivity contribution < 1.29 is 18.6 Å². The van der Waals surface area contributed by atoms with Crippen LogP contribution in [0.5, 0.6) is 5.75 Å². The lowest BCUT2D eigenvalue weighted by Crippen LogP contribution is -2.29. The number of fused-ring (bicyclic) bond motifs is 3. The van der Waals surface area contributed by atoms with Crippen LogP contribution in [0.15, 0.2) is 57.5 Å². The lowest BCUT2D eigenvalue weighted by Gasteiger charge is -2.16. The van der Waals surface area contributed by atoms with E-state index in [9.17, 15) is 18.3 Å². The minimum atomic E-state index is -3.72. The minimum Gasteiger partial charge on any atom is -0.507 e. The molecule has 9 heteroatoms. The first kappa shape index (κ1) is 19.6. The zero-order valence-electron chi connectivity index (χ0n) is 15.4. The van der Waals surface area contributed by atoms with E-state index in [-0.39, 0.29) is 29.4 Å². The number of likely N-dealkylation sites (N-methyl/N-ethyl adjacent to an activating group) is 1. The van der Waals surface area contributed by atoms with Gasteiger partial charge in [-0.1, -0.05) is 12.1 Å². The van der Waals surface area contributed by atoms with E-state index < -0.39 is 10.0 Å². The van der Waals surface area contributed by atoms with Gasteiger partial charge in [-0.2, -0.15) is 4.31 Å². The molecule has 2 aromatic carbocycles. The Morgan fingerprint density at radius 3 is 2.52 bits per heavy atom. The molecule has 4 aromatic rings. The minimum absolute atomic E-state index is 0.00228. The summed E-state index contributed by atoms with van der Waals surface area (Å²) in [5.41, 5.74) is 1.55. The van der Waals surface area contributed by atoms with Crippen LogP contribution in [0.2, 0.25) is 0 Å². The number of hydrogen-bond donors (Lipinski definition) is 3. The number of hydrogen-bond acceptors (Lipinski definition) is 6. The Balaban J connectivity index is 1.91. The number of nitrogens with zero attached hydrogens (tertiary/aromatic N) is 1. The molecule has 0 aliphatic heterocycles. The van der Waals surface area contributed by atoms with Gasteiger partial charge in [0.25, 0.3) is 5.56 Å². The standard InChI is InChI=1S/C20H18N2O5S2/c1-22(9-10-23)29(26,27)13-4-2-12(3-5-13)17-16(24)7-6-15-18(17)14-8-11-28-19(14)20(25)21-15/h2-8,11,23-24H,9-10H2,1H3,(H,21,25). The van der Waals surface area contributed by atoms with Gasteiger partial charge in [-0.3, -0.25) is 4.79 Å². The number of sulfonamides is 1. The first-order valence-corrected chi connectivity index (χ1v) is 11.1. The van der Waals surface area contributed by atoms with Crippen molar-refractivity contribution in [2.75, 3.05) is 20.2 Å². The summed E-state index contributed by atoms with van der Waals surface area (Å²) in [7, 11) is -2.32. The Hall–Kier alpha value is -2.72. The van der Waals surface area contributed by atoms with E-state index in [2.05, 4.69) is 4.98 Å². The molecule has 0 aliphatic rings. The van der Waals surface area contributed by atoms with E-state index >= 15 is 0 Å². The lowest BCUT2D eigenvalue weighted by molar-refractivity contribution is 0.266. The highest BCUT2D eigenvalue weighted by Gasteiger charge is 2.21. The topological polar surface area (TPSA) is 111 Å². The van der Waals surface area contributed by atoms with Gasteiger partial charge >= 0.3 is 0 Å². The van der Waals surface area contributed by atoms with Gasteiger partial charge in [0.1, 0.15) is 10.4 Å². The van der Waals surface area contributed by atoms with Gasteiger partial charge in [0.2, 0.25) is 10.0 Å². The number of phenolic OH excluding ortho intramolecular Hbond substituents is 1. The number of pyridine rings is 1. The number of H-pyrrole nitrogens is 1. The van der Waals surface area contributed by atoms with E-state index in [0.717, 1.165) is 9.69 Å². The maximum atomic E-state index is 12.6. The van der Waals surface area contributed by atoms with Crippen LogP contribution in [0.4, 0.5) is 0 Å². The smallest absolute Gasteiger partial charge is 0.266 e. The number of aliphatic hydroxyl groups excluding tert-OH is 1. The summed E-state index contributed by atoms with van der Waals surface area (Å²) in [6.45, 7) is -0.274.